The van der Waals surface area contributed by atoms with Gasteiger partial charge in [-0.3, -0.25) is 4.79 Å². The van der Waals surface area contributed by atoms with Crippen molar-refractivity contribution in [2.75, 3.05) is 0 Å². The Morgan fingerprint density at radius 2 is 1.70 bits per heavy atom. The molecule has 0 radical (unpaired) electrons. The first kappa shape index (κ1) is 18.0. The van der Waals surface area contributed by atoms with Crippen molar-refractivity contribution in [1.29, 1.82) is 0 Å². The third kappa shape index (κ3) is 6.33. The van der Waals surface area contributed by atoms with Crippen LogP contribution in [0.5, 0.6) is 5.75 Å². The molecule has 0 bridgehead atoms. The fraction of sp³-hybridized carbons (Fsp3) is 0.188. The molecule has 122 valence electrons. The third-order valence-corrected chi connectivity index (χ3v) is 5.46. The van der Waals surface area contributed by atoms with Gasteiger partial charge in [0.1, 0.15) is 18.4 Å². The van der Waals surface area contributed by atoms with E-state index in [-0.39, 0.29) is 6.61 Å². The van der Waals surface area contributed by atoms with Crippen molar-refractivity contribution in [2.24, 2.45) is 0 Å². The van der Waals surface area contributed by atoms with E-state index in [2.05, 4.69) is 5.09 Å². The van der Waals surface area contributed by atoms with Crippen LogP contribution >= 0.6 is 27.2 Å². The first-order chi connectivity index (χ1) is 11.0. The van der Waals surface area contributed by atoms with Crippen molar-refractivity contribution in [3.63, 3.8) is 0 Å². The zero-order valence-electron chi connectivity index (χ0n) is 12.5. The van der Waals surface area contributed by atoms with E-state index in [1.165, 1.54) is 0 Å². The van der Waals surface area contributed by atoms with Crippen LogP contribution in [0.3, 0.4) is 0 Å². The summed E-state index contributed by atoms with van der Waals surface area (Å²) in [6, 6.07) is 17.4. The minimum atomic E-state index is -3.20. The number of hydrogen-bond donors (Lipinski definition) is 1. The largest absolute Gasteiger partial charge is 0.460 e. The second-order valence-electron chi connectivity index (χ2n) is 4.83. The molecule has 0 spiro atoms. The lowest BCUT2D eigenvalue weighted by Gasteiger charge is -2.18. The first-order valence-electron chi connectivity index (χ1n) is 6.99. The van der Waals surface area contributed by atoms with Crippen LogP contribution < -0.4 is 9.61 Å². The molecule has 2 aromatic carbocycles. The van der Waals surface area contributed by atoms with E-state index >= 15 is 0 Å². The molecule has 23 heavy (non-hydrogen) atoms. The maximum atomic E-state index is 12.4. The van der Waals surface area contributed by atoms with Gasteiger partial charge in [-0.25, -0.2) is 9.65 Å². The SMILES string of the molecule is C[C@H](N[P@@](=O)(I)Oc1ccccc1)C(=O)OCc1ccccc1. The van der Waals surface area contributed by atoms with E-state index in [0.29, 0.717) is 5.75 Å². The summed E-state index contributed by atoms with van der Waals surface area (Å²) in [5.41, 5.74) is 0.895. The van der Waals surface area contributed by atoms with E-state index in [1.54, 1.807) is 53.2 Å². The van der Waals surface area contributed by atoms with Gasteiger partial charge in [-0.2, -0.15) is 0 Å². The minimum Gasteiger partial charge on any atom is -0.460 e. The maximum Gasteiger partial charge on any atom is 0.374 e. The van der Waals surface area contributed by atoms with Gasteiger partial charge in [0, 0.05) is 0 Å². The lowest BCUT2D eigenvalue weighted by molar-refractivity contribution is -0.146. The van der Waals surface area contributed by atoms with Crippen LogP contribution in [0.25, 0.3) is 0 Å². The molecule has 0 aliphatic carbocycles. The molecule has 2 aromatic rings. The van der Waals surface area contributed by atoms with Crippen molar-refractivity contribution >= 4 is 33.2 Å². The maximum absolute atomic E-state index is 12.4. The summed E-state index contributed by atoms with van der Waals surface area (Å²) >= 11 is 1.68. The number of para-hydroxylation sites is 1. The topological polar surface area (TPSA) is 64.6 Å². The van der Waals surface area contributed by atoms with Crippen LogP contribution in [0.4, 0.5) is 0 Å². The Bertz CT molecular complexity index is 681. The van der Waals surface area contributed by atoms with Crippen LogP contribution in [0, 0.1) is 0 Å². The Morgan fingerprint density at radius 1 is 1.13 bits per heavy atom. The van der Waals surface area contributed by atoms with Gasteiger partial charge in [0.25, 0.3) is 0 Å². The van der Waals surface area contributed by atoms with E-state index in [0.717, 1.165) is 5.56 Å². The molecule has 0 aliphatic rings. The standard InChI is InChI=1S/C16H17INO4P/c1-13(16(19)21-12-14-8-4-2-5-9-14)18-23(17,20)22-15-10-6-3-7-11-15/h2-11,13H,12H2,1H3,(H,18,20)/t13-,23+/m0/s1. The second-order valence-corrected chi connectivity index (χ2v) is 10.0. The molecular weight excluding hydrogens is 428 g/mol. The van der Waals surface area contributed by atoms with Gasteiger partial charge in [-0.1, -0.05) is 48.5 Å². The number of benzene rings is 2. The Labute approximate surface area is 148 Å². The summed E-state index contributed by atoms with van der Waals surface area (Å²) in [5.74, 6) is -0.00927. The highest BCUT2D eigenvalue weighted by atomic mass is 127. The number of rotatable bonds is 7. The lowest BCUT2D eigenvalue weighted by Crippen LogP contribution is -2.33. The van der Waals surface area contributed by atoms with Gasteiger partial charge in [0.05, 0.1) is 22.0 Å². The van der Waals surface area contributed by atoms with Crippen molar-refractivity contribution in [2.45, 2.75) is 19.6 Å². The van der Waals surface area contributed by atoms with E-state index < -0.39 is 17.2 Å². The zero-order chi connectivity index (χ0) is 16.7. The predicted molar refractivity (Wildman–Crippen MR) is 97.5 cm³/mol. The molecule has 0 fully saturated rings. The lowest BCUT2D eigenvalue weighted by atomic mass is 10.2. The normalized spacial score (nSPS) is 14.5. The number of carbonyl (C=O) groups is 1. The summed E-state index contributed by atoms with van der Waals surface area (Å²) in [6.45, 7) is 1.77. The fourth-order valence-electron chi connectivity index (χ4n) is 1.78. The highest BCUT2D eigenvalue weighted by Crippen LogP contribution is 2.51. The van der Waals surface area contributed by atoms with Gasteiger partial charge >= 0.3 is 11.1 Å². The van der Waals surface area contributed by atoms with E-state index in [4.69, 9.17) is 9.26 Å². The summed E-state index contributed by atoms with van der Waals surface area (Å²) in [4.78, 5) is 12.0. The number of halogens is 1. The van der Waals surface area contributed by atoms with Gasteiger partial charge in [0.15, 0.2) is 0 Å². The van der Waals surface area contributed by atoms with E-state index in [1.807, 2.05) is 36.4 Å². The molecule has 7 heteroatoms. The summed E-state index contributed by atoms with van der Waals surface area (Å²) < 4.78 is 23.0. The van der Waals surface area contributed by atoms with Gasteiger partial charge < -0.3 is 9.26 Å². The van der Waals surface area contributed by atoms with Crippen molar-refractivity contribution in [1.82, 2.24) is 5.09 Å². The molecule has 0 unspecified atom stereocenters. The van der Waals surface area contributed by atoms with Crippen molar-refractivity contribution in [3.05, 3.63) is 66.2 Å². The van der Waals surface area contributed by atoms with Crippen LogP contribution in [0.2, 0.25) is 0 Å². The molecular formula is C16H17INO4P. The fourth-order valence-corrected chi connectivity index (χ4v) is 4.73. The van der Waals surface area contributed by atoms with Gasteiger partial charge in [-0.05, 0) is 24.6 Å². The highest BCUT2D eigenvalue weighted by molar-refractivity contribution is 14.2. The number of nitrogens with one attached hydrogen (secondary N) is 1. The first-order valence-corrected chi connectivity index (χ1v) is 11.4. The Morgan fingerprint density at radius 3 is 2.30 bits per heavy atom. The summed E-state index contributed by atoms with van der Waals surface area (Å²) in [5, 5.41) is -0.515. The molecule has 0 aliphatic heterocycles. The van der Waals surface area contributed by atoms with Gasteiger partial charge in [-0.15, -0.1) is 0 Å². The number of hydrogen-bond acceptors (Lipinski definition) is 4. The summed E-state index contributed by atoms with van der Waals surface area (Å²) in [6.07, 6.45) is 0. The predicted octanol–water partition coefficient (Wildman–Crippen LogP) is 4.33. The van der Waals surface area contributed by atoms with Crippen LogP contribution in [0.15, 0.2) is 60.7 Å². The monoisotopic (exact) mass is 445 g/mol. The molecule has 2 rings (SSSR count). The highest BCUT2D eigenvalue weighted by Gasteiger charge is 2.27. The molecule has 5 nitrogen and oxygen atoms in total. The molecule has 0 amide bonds. The van der Waals surface area contributed by atoms with Crippen LogP contribution in [0.1, 0.15) is 12.5 Å². The molecule has 0 saturated heterocycles. The zero-order valence-corrected chi connectivity index (χ0v) is 15.6. The smallest absolute Gasteiger partial charge is 0.374 e. The average molecular weight is 445 g/mol. The molecule has 0 heterocycles. The third-order valence-electron chi connectivity index (χ3n) is 2.89. The molecule has 2 atom stereocenters. The minimum absolute atomic E-state index is 0.177. The molecule has 0 saturated carbocycles. The molecule has 1 N–H and O–H groups in total. The van der Waals surface area contributed by atoms with Crippen molar-refractivity contribution in [3.8, 4) is 5.75 Å². The quantitative estimate of drug-likeness (QED) is 0.391. The van der Waals surface area contributed by atoms with Gasteiger partial charge in [0.2, 0.25) is 0 Å². The average Bonchev–Trinajstić information content (AvgIpc) is 2.53. The number of esters is 1. The number of carbonyl (C=O) groups excluding carboxylic acids is 1. The molecule has 0 aromatic heterocycles. The Kier molecular flexibility index (Phi) is 6.62. The van der Waals surface area contributed by atoms with Crippen LogP contribution in [-0.2, 0) is 20.7 Å². The second kappa shape index (κ2) is 8.47. The van der Waals surface area contributed by atoms with Crippen molar-refractivity contribution < 1.29 is 18.6 Å². The van der Waals surface area contributed by atoms with Crippen LogP contribution in [-0.4, -0.2) is 12.0 Å². The Balaban J connectivity index is 1.86. The Hall–Kier alpha value is -1.37. The van der Waals surface area contributed by atoms with E-state index in [9.17, 15) is 9.36 Å². The number of ether oxygens (including phenoxy) is 1. The summed E-state index contributed by atoms with van der Waals surface area (Å²) in [7, 11) is 0.